The molecule has 0 unspecified atom stereocenters. The number of amides is 1. The summed E-state index contributed by atoms with van der Waals surface area (Å²) in [6.45, 7) is 6.18. The van der Waals surface area contributed by atoms with Crippen LogP contribution in [0.25, 0.3) is 0 Å². The molecule has 1 aliphatic rings. The lowest BCUT2D eigenvalue weighted by atomic mass is 10.1. The molecule has 0 spiro atoms. The zero-order valence-corrected chi connectivity index (χ0v) is 14.6. The number of nitrogens with zero attached hydrogens (tertiary/aromatic N) is 3. The lowest BCUT2D eigenvalue weighted by Gasteiger charge is -2.15. The molecule has 4 nitrogen and oxygen atoms in total. The predicted molar refractivity (Wildman–Crippen MR) is 97.3 cm³/mol. The van der Waals surface area contributed by atoms with Crippen molar-refractivity contribution in [2.24, 2.45) is 0 Å². The maximum absolute atomic E-state index is 12.8. The van der Waals surface area contributed by atoms with Gasteiger partial charge in [-0.15, -0.1) is 0 Å². The van der Waals surface area contributed by atoms with Crippen LogP contribution in [0.1, 0.15) is 38.4 Å². The van der Waals surface area contributed by atoms with E-state index in [0.29, 0.717) is 13.1 Å². The van der Waals surface area contributed by atoms with Gasteiger partial charge in [-0.1, -0.05) is 36.4 Å². The molecular formula is C21H21N3O. The average molecular weight is 331 g/mol. The number of hydrogen-bond acceptors (Lipinski definition) is 2. The van der Waals surface area contributed by atoms with Crippen molar-refractivity contribution < 1.29 is 4.79 Å². The van der Waals surface area contributed by atoms with Crippen molar-refractivity contribution in [1.29, 1.82) is 0 Å². The first-order valence-electron chi connectivity index (χ1n) is 8.56. The lowest BCUT2D eigenvalue weighted by molar-refractivity contribution is 0.0751. The van der Waals surface area contributed by atoms with Gasteiger partial charge in [0.25, 0.3) is 5.91 Å². The molecule has 4 rings (SSSR count). The summed E-state index contributed by atoms with van der Waals surface area (Å²) in [5.74, 6) is 0.0915. The maximum atomic E-state index is 12.8. The normalized spacial score (nSPS) is 13.1. The Morgan fingerprint density at radius 2 is 1.64 bits per heavy atom. The van der Waals surface area contributed by atoms with Gasteiger partial charge in [-0.2, -0.15) is 5.10 Å². The number of aromatic nitrogens is 2. The molecule has 2 heterocycles. The highest BCUT2D eigenvalue weighted by Crippen LogP contribution is 2.24. The fourth-order valence-corrected chi connectivity index (χ4v) is 3.42. The number of carbonyl (C=O) groups is 1. The van der Waals surface area contributed by atoms with Gasteiger partial charge in [0.15, 0.2) is 0 Å². The van der Waals surface area contributed by atoms with Crippen molar-refractivity contribution in [3.05, 3.63) is 88.2 Å². The number of rotatable bonds is 3. The van der Waals surface area contributed by atoms with E-state index >= 15 is 0 Å². The van der Waals surface area contributed by atoms with Crippen LogP contribution in [0.15, 0.2) is 54.6 Å². The van der Waals surface area contributed by atoms with E-state index in [1.165, 1.54) is 11.1 Å². The Labute approximate surface area is 147 Å². The van der Waals surface area contributed by atoms with Gasteiger partial charge in [-0.3, -0.25) is 9.48 Å². The van der Waals surface area contributed by atoms with Crippen molar-refractivity contribution >= 4 is 5.91 Å². The molecule has 0 bridgehead atoms. The molecule has 0 saturated carbocycles. The summed E-state index contributed by atoms with van der Waals surface area (Å²) in [7, 11) is 0. The third-order valence-corrected chi connectivity index (χ3v) is 4.76. The molecule has 25 heavy (non-hydrogen) atoms. The number of carbonyl (C=O) groups excluding carboxylic acids is 1. The van der Waals surface area contributed by atoms with E-state index in [1.54, 1.807) is 0 Å². The Hall–Kier alpha value is -2.88. The van der Waals surface area contributed by atoms with Crippen LogP contribution >= 0.6 is 0 Å². The lowest BCUT2D eigenvalue weighted by Crippen LogP contribution is -2.25. The fraction of sp³-hybridized carbons (Fsp3) is 0.238. The molecule has 0 N–H and O–H groups in total. The zero-order valence-electron chi connectivity index (χ0n) is 14.6. The minimum Gasteiger partial charge on any atom is -0.330 e. The van der Waals surface area contributed by atoms with E-state index in [-0.39, 0.29) is 5.91 Å². The van der Waals surface area contributed by atoms with E-state index in [9.17, 15) is 4.79 Å². The van der Waals surface area contributed by atoms with Crippen LogP contribution in [0.2, 0.25) is 0 Å². The van der Waals surface area contributed by atoms with Crippen LogP contribution in [-0.4, -0.2) is 20.6 Å². The second kappa shape index (κ2) is 6.20. The minimum absolute atomic E-state index is 0.0915. The molecule has 0 radical (unpaired) electrons. The van der Waals surface area contributed by atoms with Crippen LogP contribution < -0.4 is 0 Å². The minimum atomic E-state index is 0.0915. The standard InChI is InChI=1S/C21H21N3O/c1-15-11-16(2)24(22-15)12-17-7-9-18(10-8-17)21(25)23-13-19-5-3-4-6-20(19)14-23/h3-11H,12-14H2,1-2H3. The summed E-state index contributed by atoms with van der Waals surface area (Å²) in [5, 5.41) is 4.49. The fourth-order valence-electron chi connectivity index (χ4n) is 3.42. The Bertz CT molecular complexity index is 900. The molecule has 126 valence electrons. The molecule has 0 atom stereocenters. The molecule has 3 aromatic rings. The topological polar surface area (TPSA) is 38.1 Å². The van der Waals surface area contributed by atoms with Crippen molar-refractivity contribution in [3.8, 4) is 0 Å². The Morgan fingerprint density at radius 3 is 2.20 bits per heavy atom. The van der Waals surface area contributed by atoms with Crippen LogP contribution in [0, 0.1) is 13.8 Å². The highest BCUT2D eigenvalue weighted by atomic mass is 16.2. The van der Waals surface area contributed by atoms with Gasteiger partial charge in [0, 0.05) is 24.3 Å². The Kier molecular flexibility index (Phi) is 3.88. The van der Waals surface area contributed by atoms with Crippen molar-refractivity contribution in [3.63, 3.8) is 0 Å². The van der Waals surface area contributed by atoms with Gasteiger partial charge in [0.05, 0.1) is 12.2 Å². The van der Waals surface area contributed by atoms with E-state index in [0.717, 1.165) is 29.1 Å². The average Bonchev–Trinajstić information content (AvgIpc) is 3.18. The van der Waals surface area contributed by atoms with Crippen molar-refractivity contribution in [1.82, 2.24) is 14.7 Å². The van der Waals surface area contributed by atoms with Gasteiger partial charge in [0.1, 0.15) is 0 Å². The van der Waals surface area contributed by atoms with Crippen LogP contribution in [-0.2, 0) is 19.6 Å². The first-order valence-corrected chi connectivity index (χ1v) is 8.56. The summed E-state index contributed by atoms with van der Waals surface area (Å²) < 4.78 is 1.99. The highest BCUT2D eigenvalue weighted by Gasteiger charge is 2.23. The zero-order chi connectivity index (χ0) is 17.4. The summed E-state index contributed by atoms with van der Waals surface area (Å²) >= 11 is 0. The molecular weight excluding hydrogens is 310 g/mol. The van der Waals surface area contributed by atoms with E-state index in [1.807, 2.05) is 52.9 Å². The van der Waals surface area contributed by atoms with Gasteiger partial charge in [-0.05, 0) is 48.7 Å². The maximum Gasteiger partial charge on any atom is 0.254 e. The number of benzene rings is 2. The molecule has 0 aliphatic carbocycles. The third-order valence-electron chi connectivity index (χ3n) is 4.76. The van der Waals surface area contributed by atoms with Gasteiger partial charge in [0.2, 0.25) is 0 Å². The Morgan fingerprint density at radius 1 is 1.00 bits per heavy atom. The number of hydrogen-bond donors (Lipinski definition) is 0. The largest absolute Gasteiger partial charge is 0.330 e. The summed E-state index contributed by atoms with van der Waals surface area (Å²) in [6, 6.07) is 18.2. The number of fused-ring (bicyclic) bond motifs is 1. The molecule has 4 heteroatoms. The molecule has 0 fully saturated rings. The van der Waals surface area contributed by atoms with E-state index < -0.39 is 0 Å². The van der Waals surface area contributed by atoms with Crippen molar-refractivity contribution in [2.75, 3.05) is 0 Å². The molecule has 1 amide bonds. The third kappa shape index (κ3) is 3.07. The van der Waals surface area contributed by atoms with Gasteiger partial charge >= 0.3 is 0 Å². The van der Waals surface area contributed by atoms with Crippen LogP contribution in [0.5, 0.6) is 0 Å². The van der Waals surface area contributed by atoms with E-state index in [2.05, 4.69) is 30.2 Å². The molecule has 0 saturated heterocycles. The molecule has 2 aromatic carbocycles. The summed E-state index contributed by atoms with van der Waals surface area (Å²) in [4.78, 5) is 14.7. The second-order valence-electron chi connectivity index (χ2n) is 6.71. The smallest absolute Gasteiger partial charge is 0.254 e. The molecule has 1 aromatic heterocycles. The quantitative estimate of drug-likeness (QED) is 0.734. The number of aryl methyl sites for hydroxylation is 2. The Balaban J connectivity index is 1.47. The first kappa shape index (κ1) is 15.6. The summed E-state index contributed by atoms with van der Waals surface area (Å²) in [6.07, 6.45) is 0. The summed E-state index contributed by atoms with van der Waals surface area (Å²) in [5.41, 5.74) is 6.55. The van der Waals surface area contributed by atoms with Crippen LogP contribution in [0.3, 0.4) is 0 Å². The predicted octanol–water partition coefficient (Wildman–Crippen LogP) is 3.70. The second-order valence-corrected chi connectivity index (χ2v) is 6.71. The monoisotopic (exact) mass is 331 g/mol. The highest BCUT2D eigenvalue weighted by molar-refractivity contribution is 5.94. The van der Waals surface area contributed by atoms with Crippen LogP contribution in [0.4, 0.5) is 0 Å². The SMILES string of the molecule is Cc1cc(C)n(Cc2ccc(C(=O)N3Cc4ccccc4C3)cc2)n1. The van der Waals surface area contributed by atoms with Gasteiger partial charge < -0.3 is 4.90 Å². The molecule has 1 aliphatic heterocycles. The van der Waals surface area contributed by atoms with Crippen molar-refractivity contribution in [2.45, 2.75) is 33.5 Å². The van der Waals surface area contributed by atoms with Gasteiger partial charge in [-0.25, -0.2) is 0 Å². The van der Waals surface area contributed by atoms with E-state index in [4.69, 9.17) is 0 Å². The first-order chi connectivity index (χ1) is 12.1.